The highest BCUT2D eigenvalue weighted by Crippen LogP contribution is 2.48. The molecule has 0 amide bonds. The molecule has 0 fully saturated rings. The number of fused-ring (bicyclic) bond motifs is 3. The number of benzene rings is 4. The van der Waals surface area contributed by atoms with Gasteiger partial charge in [0.05, 0.1) is 5.69 Å². The molecule has 0 radical (unpaired) electrons. The molecule has 6 rings (SSSR count). The molecule has 0 spiro atoms. The van der Waals surface area contributed by atoms with E-state index in [0.717, 1.165) is 17.7 Å². The summed E-state index contributed by atoms with van der Waals surface area (Å²) in [5.41, 5.74) is 11.7. The van der Waals surface area contributed by atoms with E-state index in [1.807, 2.05) is 0 Å². The van der Waals surface area contributed by atoms with Crippen molar-refractivity contribution in [1.82, 2.24) is 9.97 Å². The standard InChI is InChI=1S/C29H23N3/c1-29(25-13-12-20-7-3-5-9-22(20)15-25)17-24(16-26-27(29)28(30)32-18-31-26)23-11-10-19-6-2-4-8-21(19)14-23/h2-16,18H,17H2,1H3,(H2,30,31,32). The van der Waals surface area contributed by atoms with Crippen molar-refractivity contribution in [3.8, 4) is 0 Å². The van der Waals surface area contributed by atoms with Crippen LogP contribution in [-0.4, -0.2) is 9.97 Å². The summed E-state index contributed by atoms with van der Waals surface area (Å²) >= 11 is 0. The van der Waals surface area contributed by atoms with Crippen molar-refractivity contribution < 1.29 is 0 Å². The number of allylic oxidation sites excluding steroid dienone is 1. The molecule has 0 saturated carbocycles. The van der Waals surface area contributed by atoms with E-state index < -0.39 is 0 Å². The van der Waals surface area contributed by atoms with Gasteiger partial charge in [-0.3, -0.25) is 0 Å². The Balaban J connectivity index is 1.56. The number of aromatic nitrogens is 2. The van der Waals surface area contributed by atoms with Crippen LogP contribution in [0.15, 0.2) is 91.3 Å². The lowest BCUT2D eigenvalue weighted by atomic mass is 9.67. The molecule has 32 heavy (non-hydrogen) atoms. The molecule has 154 valence electrons. The normalized spacial score (nSPS) is 17.8. The molecule has 1 aromatic heterocycles. The fourth-order valence-electron chi connectivity index (χ4n) is 5.13. The van der Waals surface area contributed by atoms with E-state index in [2.05, 4.69) is 108 Å². The molecular weight excluding hydrogens is 390 g/mol. The lowest BCUT2D eigenvalue weighted by Gasteiger charge is -2.36. The minimum Gasteiger partial charge on any atom is -0.383 e. The zero-order valence-electron chi connectivity index (χ0n) is 17.9. The smallest absolute Gasteiger partial charge is 0.131 e. The van der Waals surface area contributed by atoms with Gasteiger partial charge in [0, 0.05) is 11.0 Å². The fraction of sp³-hybridized carbons (Fsp3) is 0.103. The minimum atomic E-state index is -0.333. The minimum absolute atomic E-state index is 0.333. The predicted octanol–water partition coefficient (Wildman–Crippen LogP) is 6.62. The zero-order chi connectivity index (χ0) is 21.7. The monoisotopic (exact) mass is 413 g/mol. The van der Waals surface area contributed by atoms with Gasteiger partial charge < -0.3 is 5.73 Å². The van der Waals surface area contributed by atoms with Crippen LogP contribution in [0.2, 0.25) is 0 Å². The summed E-state index contributed by atoms with van der Waals surface area (Å²) in [7, 11) is 0. The molecule has 3 nitrogen and oxygen atoms in total. The van der Waals surface area contributed by atoms with Gasteiger partial charge in [-0.05, 0) is 56.8 Å². The molecule has 1 atom stereocenters. The molecular formula is C29H23N3. The quantitative estimate of drug-likeness (QED) is 0.354. The maximum atomic E-state index is 6.45. The van der Waals surface area contributed by atoms with Crippen LogP contribution in [0, 0.1) is 0 Å². The average molecular weight is 414 g/mol. The van der Waals surface area contributed by atoms with Gasteiger partial charge in [0.2, 0.25) is 0 Å². The second-order valence-corrected chi connectivity index (χ2v) is 8.82. The Morgan fingerprint density at radius 3 is 2.16 bits per heavy atom. The Labute approximate surface area is 187 Å². The molecule has 1 heterocycles. The van der Waals surface area contributed by atoms with E-state index in [4.69, 9.17) is 5.73 Å². The first-order valence-electron chi connectivity index (χ1n) is 10.9. The first kappa shape index (κ1) is 18.8. The lowest BCUT2D eigenvalue weighted by molar-refractivity contribution is 0.580. The summed E-state index contributed by atoms with van der Waals surface area (Å²) in [5, 5.41) is 4.95. The van der Waals surface area contributed by atoms with Gasteiger partial charge >= 0.3 is 0 Å². The van der Waals surface area contributed by atoms with Crippen molar-refractivity contribution >= 4 is 39.0 Å². The van der Waals surface area contributed by atoms with Crippen molar-refractivity contribution in [1.29, 1.82) is 0 Å². The van der Waals surface area contributed by atoms with Gasteiger partial charge in [0.1, 0.15) is 12.1 Å². The van der Waals surface area contributed by atoms with E-state index in [0.29, 0.717) is 5.82 Å². The van der Waals surface area contributed by atoms with Crippen LogP contribution in [-0.2, 0) is 5.41 Å². The lowest BCUT2D eigenvalue weighted by Crippen LogP contribution is -2.30. The van der Waals surface area contributed by atoms with Crippen molar-refractivity contribution in [3.05, 3.63) is 114 Å². The van der Waals surface area contributed by atoms with Crippen molar-refractivity contribution in [2.75, 3.05) is 5.73 Å². The number of anilines is 1. The highest BCUT2D eigenvalue weighted by molar-refractivity contribution is 5.92. The van der Waals surface area contributed by atoms with Gasteiger partial charge in [-0.1, -0.05) is 85.8 Å². The molecule has 0 aliphatic heterocycles. The third-order valence-corrected chi connectivity index (χ3v) is 6.82. The number of nitrogens with zero attached hydrogens (tertiary/aromatic N) is 2. The van der Waals surface area contributed by atoms with Crippen LogP contribution >= 0.6 is 0 Å². The van der Waals surface area contributed by atoms with Crippen LogP contribution < -0.4 is 5.73 Å². The Bertz CT molecular complexity index is 1530. The number of nitrogens with two attached hydrogens (primary N) is 1. The Morgan fingerprint density at radius 2 is 1.41 bits per heavy atom. The van der Waals surface area contributed by atoms with Gasteiger partial charge in [-0.2, -0.15) is 0 Å². The molecule has 5 aromatic rings. The summed E-state index contributed by atoms with van der Waals surface area (Å²) in [6, 6.07) is 30.3. The zero-order valence-corrected chi connectivity index (χ0v) is 17.9. The molecule has 3 heteroatoms. The number of hydrogen-bond donors (Lipinski definition) is 1. The first-order chi connectivity index (χ1) is 15.6. The Morgan fingerprint density at radius 1 is 0.750 bits per heavy atom. The molecule has 0 saturated heterocycles. The summed E-state index contributed by atoms with van der Waals surface area (Å²) in [6.45, 7) is 2.27. The molecule has 1 unspecified atom stereocenters. The van der Waals surface area contributed by atoms with Crippen LogP contribution in [0.4, 0.5) is 5.82 Å². The second-order valence-electron chi connectivity index (χ2n) is 8.82. The van der Waals surface area contributed by atoms with Gasteiger partial charge in [0.15, 0.2) is 0 Å². The van der Waals surface area contributed by atoms with Gasteiger partial charge in [0.25, 0.3) is 0 Å². The molecule has 1 aliphatic rings. The highest BCUT2D eigenvalue weighted by atomic mass is 14.9. The summed E-state index contributed by atoms with van der Waals surface area (Å²) in [5.74, 6) is 0.555. The van der Waals surface area contributed by atoms with Crippen LogP contribution in [0.5, 0.6) is 0 Å². The Hall–Kier alpha value is -3.98. The van der Waals surface area contributed by atoms with E-state index in [9.17, 15) is 0 Å². The van der Waals surface area contributed by atoms with E-state index in [-0.39, 0.29) is 5.41 Å². The van der Waals surface area contributed by atoms with E-state index >= 15 is 0 Å². The van der Waals surface area contributed by atoms with Crippen molar-refractivity contribution in [3.63, 3.8) is 0 Å². The first-order valence-corrected chi connectivity index (χ1v) is 10.9. The van der Waals surface area contributed by atoms with Crippen molar-refractivity contribution in [2.24, 2.45) is 0 Å². The van der Waals surface area contributed by atoms with Gasteiger partial charge in [-0.15, -0.1) is 0 Å². The predicted molar refractivity (Wildman–Crippen MR) is 133 cm³/mol. The molecule has 0 bridgehead atoms. The van der Waals surface area contributed by atoms with Gasteiger partial charge in [-0.25, -0.2) is 9.97 Å². The molecule has 2 N–H and O–H groups in total. The SMILES string of the molecule is CC1(c2ccc3ccccc3c2)CC(c2ccc3ccccc3c2)=Cc2ncnc(N)c21. The third kappa shape index (κ3) is 2.89. The average Bonchev–Trinajstić information content (AvgIpc) is 2.83. The van der Waals surface area contributed by atoms with Crippen molar-refractivity contribution in [2.45, 2.75) is 18.8 Å². The fourth-order valence-corrected chi connectivity index (χ4v) is 5.13. The number of nitrogen functional groups attached to an aromatic ring is 1. The third-order valence-electron chi connectivity index (χ3n) is 6.82. The summed E-state index contributed by atoms with van der Waals surface area (Å²) < 4.78 is 0. The second kappa shape index (κ2) is 7.03. The number of hydrogen-bond acceptors (Lipinski definition) is 3. The summed E-state index contributed by atoms with van der Waals surface area (Å²) in [6.07, 6.45) is 4.57. The Kier molecular flexibility index (Phi) is 4.12. The molecule has 1 aliphatic carbocycles. The topological polar surface area (TPSA) is 51.8 Å². The molecule has 4 aromatic carbocycles. The van der Waals surface area contributed by atoms with E-state index in [1.165, 1.54) is 38.2 Å². The van der Waals surface area contributed by atoms with Crippen LogP contribution in [0.25, 0.3) is 33.2 Å². The van der Waals surface area contributed by atoms with Crippen LogP contribution in [0.3, 0.4) is 0 Å². The highest BCUT2D eigenvalue weighted by Gasteiger charge is 2.38. The maximum absolute atomic E-state index is 6.45. The maximum Gasteiger partial charge on any atom is 0.131 e. The van der Waals surface area contributed by atoms with Crippen LogP contribution in [0.1, 0.15) is 35.7 Å². The largest absolute Gasteiger partial charge is 0.383 e. The number of rotatable bonds is 2. The van der Waals surface area contributed by atoms with E-state index in [1.54, 1.807) is 6.33 Å². The summed E-state index contributed by atoms with van der Waals surface area (Å²) in [4.78, 5) is 8.99.